The van der Waals surface area contributed by atoms with Crippen molar-refractivity contribution in [2.24, 2.45) is 0 Å². The molecular formula is C14H16O2. The predicted molar refractivity (Wildman–Crippen MR) is 64.4 cm³/mol. The Labute approximate surface area is 96.0 Å². The lowest BCUT2D eigenvalue weighted by molar-refractivity contribution is -0.114. The van der Waals surface area contributed by atoms with Crippen LogP contribution in [0.25, 0.3) is 0 Å². The van der Waals surface area contributed by atoms with Gasteiger partial charge in [-0.15, -0.1) is 0 Å². The van der Waals surface area contributed by atoms with E-state index in [0.717, 1.165) is 12.8 Å². The Morgan fingerprint density at radius 2 is 1.81 bits per heavy atom. The topological polar surface area (TPSA) is 34.1 Å². The Morgan fingerprint density at radius 1 is 1.12 bits per heavy atom. The maximum atomic E-state index is 11.6. The molecule has 0 fully saturated rings. The third-order valence-electron chi connectivity index (χ3n) is 2.26. The molecule has 0 radical (unpaired) electrons. The van der Waals surface area contributed by atoms with E-state index in [1.165, 1.54) is 12.2 Å². The zero-order chi connectivity index (χ0) is 11.8. The van der Waals surface area contributed by atoms with Gasteiger partial charge in [0.25, 0.3) is 0 Å². The molecule has 0 bridgehead atoms. The fourth-order valence-corrected chi connectivity index (χ4v) is 1.30. The van der Waals surface area contributed by atoms with Crippen molar-refractivity contribution in [2.75, 3.05) is 0 Å². The highest BCUT2D eigenvalue weighted by Gasteiger charge is 2.01. The van der Waals surface area contributed by atoms with Crippen LogP contribution in [0, 0.1) is 0 Å². The number of hydrogen-bond acceptors (Lipinski definition) is 2. The molecule has 2 heteroatoms. The third-order valence-corrected chi connectivity index (χ3v) is 2.26. The summed E-state index contributed by atoms with van der Waals surface area (Å²) >= 11 is 0. The van der Waals surface area contributed by atoms with Crippen molar-refractivity contribution < 1.29 is 9.59 Å². The molecular weight excluding hydrogens is 200 g/mol. The van der Waals surface area contributed by atoms with Gasteiger partial charge in [0.15, 0.2) is 11.6 Å². The Kier molecular flexibility index (Phi) is 5.20. The molecule has 0 amide bonds. The summed E-state index contributed by atoms with van der Waals surface area (Å²) in [6.07, 6.45) is 5.13. The van der Waals surface area contributed by atoms with Crippen LogP contribution in [0.4, 0.5) is 0 Å². The second kappa shape index (κ2) is 6.72. The average molecular weight is 216 g/mol. The number of carbonyl (C=O) groups excluding carboxylic acids is 2. The molecule has 1 rings (SSSR count). The van der Waals surface area contributed by atoms with Crippen LogP contribution in [-0.2, 0) is 4.79 Å². The molecule has 0 atom stereocenters. The lowest BCUT2D eigenvalue weighted by Crippen LogP contribution is -1.97. The predicted octanol–water partition coefficient (Wildman–Crippen LogP) is 3.18. The molecule has 84 valence electrons. The molecule has 1 aromatic carbocycles. The van der Waals surface area contributed by atoms with E-state index < -0.39 is 0 Å². The van der Waals surface area contributed by atoms with Crippen molar-refractivity contribution in [3.8, 4) is 0 Å². The van der Waals surface area contributed by atoms with Crippen LogP contribution in [0.15, 0.2) is 42.5 Å². The first-order valence-electron chi connectivity index (χ1n) is 5.54. The molecule has 0 aliphatic carbocycles. The third kappa shape index (κ3) is 4.22. The number of ketones is 2. The molecule has 1 aromatic rings. The standard InChI is InChI=1S/C14H16O2/c1-2-3-9-13(15)10-11-14(16)12-7-5-4-6-8-12/h4-8,10-11H,2-3,9H2,1H3/b11-10+. The van der Waals surface area contributed by atoms with Crippen LogP contribution in [-0.4, -0.2) is 11.6 Å². The molecule has 0 saturated carbocycles. The van der Waals surface area contributed by atoms with E-state index in [4.69, 9.17) is 0 Å². The van der Waals surface area contributed by atoms with Gasteiger partial charge in [0.1, 0.15) is 0 Å². The van der Waals surface area contributed by atoms with Crippen molar-refractivity contribution in [3.05, 3.63) is 48.0 Å². The van der Waals surface area contributed by atoms with Gasteiger partial charge in [0, 0.05) is 12.0 Å². The maximum Gasteiger partial charge on any atom is 0.185 e. The van der Waals surface area contributed by atoms with Crippen LogP contribution in [0.1, 0.15) is 36.5 Å². The molecule has 0 spiro atoms. The van der Waals surface area contributed by atoms with Gasteiger partial charge in [-0.25, -0.2) is 0 Å². The number of carbonyl (C=O) groups is 2. The highest BCUT2D eigenvalue weighted by atomic mass is 16.1. The van der Waals surface area contributed by atoms with Crippen molar-refractivity contribution in [1.29, 1.82) is 0 Å². The van der Waals surface area contributed by atoms with E-state index in [2.05, 4.69) is 0 Å². The minimum absolute atomic E-state index is 0.0196. The lowest BCUT2D eigenvalue weighted by Gasteiger charge is -1.94. The minimum atomic E-state index is -0.120. The second-order valence-corrected chi connectivity index (χ2v) is 3.63. The summed E-state index contributed by atoms with van der Waals surface area (Å²) in [5.74, 6) is -0.100. The van der Waals surface area contributed by atoms with Crippen molar-refractivity contribution in [2.45, 2.75) is 26.2 Å². The number of hydrogen-bond donors (Lipinski definition) is 0. The first-order chi connectivity index (χ1) is 7.74. The summed E-state index contributed by atoms with van der Waals surface area (Å²) in [5.41, 5.74) is 0.613. The molecule has 0 aliphatic rings. The summed E-state index contributed by atoms with van der Waals surface area (Å²) in [6, 6.07) is 8.94. The van der Waals surface area contributed by atoms with Crippen molar-refractivity contribution in [3.63, 3.8) is 0 Å². The lowest BCUT2D eigenvalue weighted by atomic mass is 10.1. The van der Waals surface area contributed by atoms with Gasteiger partial charge < -0.3 is 0 Å². The Balaban J connectivity index is 2.51. The van der Waals surface area contributed by atoms with Crippen LogP contribution in [0.5, 0.6) is 0 Å². The Morgan fingerprint density at radius 3 is 2.44 bits per heavy atom. The van der Waals surface area contributed by atoms with Crippen LogP contribution in [0.2, 0.25) is 0 Å². The van der Waals surface area contributed by atoms with Gasteiger partial charge in [-0.2, -0.15) is 0 Å². The van der Waals surface area contributed by atoms with E-state index in [0.29, 0.717) is 12.0 Å². The fraction of sp³-hybridized carbons (Fsp3) is 0.286. The summed E-state index contributed by atoms with van der Waals surface area (Å²) in [5, 5.41) is 0. The maximum absolute atomic E-state index is 11.6. The molecule has 2 nitrogen and oxygen atoms in total. The summed E-state index contributed by atoms with van der Waals surface area (Å²) < 4.78 is 0. The summed E-state index contributed by atoms with van der Waals surface area (Å²) in [7, 11) is 0. The Hall–Kier alpha value is -1.70. The van der Waals surface area contributed by atoms with E-state index >= 15 is 0 Å². The number of allylic oxidation sites excluding steroid dienone is 2. The van der Waals surface area contributed by atoms with Crippen LogP contribution >= 0.6 is 0 Å². The van der Waals surface area contributed by atoms with Gasteiger partial charge in [-0.3, -0.25) is 9.59 Å². The van der Waals surface area contributed by atoms with Gasteiger partial charge in [0.2, 0.25) is 0 Å². The molecule has 0 aromatic heterocycles. The first-order valence-corrected chi connectivity index (χ1v) is 5.54. The van der Waals surface area contributed by atoms with E-state index in [-0.39, 0.29) is 11.6 Å². The number of unbranched alkanes of at least 4 members (excludes halogenated alkanes) is 1. The Bertz CT molecular complexity index is 377. The molecule has 16 heavy (non-hydrogen) atoms. The van der Waals surface area contributed by atoms with E-state index in [9.17, 15) is 9.59 Å². The molecule has 0 N–H and O–H groups in total. The highest BCUT2D eigenvalue weighted by Crippen LogP contribution is 2.02. The van der Waals surface area contributed by atoms with Gasteiger partial charge in [0.05, 0.1) is 0 Å². The van der Waals surface area contributed by atoms with Crippen LogP contribution in [0.3, 0.4) is 0 Å². The van der Waals surface area contributed by atoms with Crippen molar-refractivity contribution >= 4 is 11.6 Å². The number of rotatable bonds is 6. The molecule has 0 aliphatic heterocycles. The quantitative estimate of drug-likeness (QED) is 0.540. The van der Waals surface area contributed by atoms with E-state index in [1.54, 1.807) is 24.3 Å². The zero-order valence-electron chi connectivity index (χ0n) is 9.48. The zero-order valence-corrected chi connectivity index (χ0v) is 9.48. The number of benzene rings is 1. The second-order valence-electron chi connectivity index (χ2n) is 3.63. The summed E-state index contributed by atoms with van der Waals surface area (Å²) in [4.78, 5) is 22.9. The van der Waals surface area contributed by atoms with E-state index in [1.807, 2.05) is 13.0 Å². The van der Waals surface area contributed by atoms with Gasteiger partial charge in [-0.1, -0.05) is 43.7 Å². The largest absolute Gasteiger partial charge is 0.295 e. The minimum Gasteiger partial charge on any atom is -0.295 e. The van der Waals surface area contributed by atoms with Crippen LogP contribution < -0.4 is 0 Å². The summed E-state index contributed by atoms with van der Waals surface area (Å²) in [6.45, 7) is 2.03. The van der Waals surface area contributed by atoms with Gasteiger partial charge >= 0.3 is 0 Å². The molecule has 0 heterocycles. The first kappa shape index (κ1) is 12.4. The fourth-order valence-electron chi connectivity index (χ4n) is 1.30. The monoisotopic (exact) mass is 216 g/mol. The van der Waals surface area contributed by atoms with Gasteiger partial charge in [-0.05, 0) is 18.6 Å². The SMILES string of the molecule is CCCCC(=O)/C=C/C(=O)c1ccccc1. The average Bonchev–Trinajstić information content (AvgIpc) is 2.34. The molecule has 0 saturated heterocycles. The smallest absolute Gasteiger partial charge is 0.185 e. The normalized spacial score (nSPS) is 10.6. The highest BCUT2D eigenvalue weighted by molar-refractivity contribution is 6.07. The van der Waals surface area contributed by atoms with Crippen molar-refractivity contribution in [1.82, 2.24) is 0 Å². The molecule has 0 unspecified atom stereocenters.